The molecule has 1 aliphatic heterocycles. The molecule has 1 aromatic heterocycles. The van der Waals surface area contributed by atoms with Crippen molar-refractivity contribution in [3.8, 4) is 0 Å². The van der Waals surface area contributed by atoms with Crippen LogP contribution in [0.4, 0.5) is 0 Å². The van der Waals surface area contributed by atoms with Gasteiger partial charge in [0.2, 0.25) is 11.7 Å². The van der Waals surface area contributed by atoms with Crippen molar-refractivity contribution in [3.05, 3.63) is 11.7 Å². The van der Waals surface area contributed by atoms with Gasteiger partial charge in [-0.25, -0.2) is 0 Å². The Bertz CT molecular complexity index is 425. The minimum absolute atomic E-state index is 0.106. The topological polar surface area (TPSA) is 77.4 Å². The van der Waals surface area contributed by atoms with Crippen molar-refractivity contribution < 1.29 is 9.26 Å². The van der Waals surface area contributed by atoms with E-state index < -0.39 is 0 Å². The Morgan fingerprint density at radius 1 is 1.45 bits per heavy atom. The second-order valence-electron chi connectivity index (χ2n) is 6.49. The summed E-state index contributed by atoms with van der Waals surface area (Å²) in [5.74, 6) is 1.10. The van der Waals surface area contributed by atoms with E-state index in [9.17, 15) is 0 Å². The lowest BCUT2D eigenvalue weighted by atomic mass is 9.87. The minimum Gasteiger partial charge on any atom is -0.367 e. The van der Waals surface area contributed by atoms with Crippen LogP contribution in [0.3, 0.4) is 0 Å². The highest BCUT2D eigenvalue weighted by Gasteiger charge is 2.30. The molecule has 6 heteroatoms. The average Bonchev–Trinajstić information content (AvgIpc) is 2.87. The van der Waals surface area contributed by atoms with Crippen molar-refractivity contribution in [2.45, 2.75) is 46.3 Å². The van der Waals surface area contributed by atoms with Gasteiger partial charge in [-0.3, -0.25) is 4.90 Å². The van der Waals surface area contributed by atoms with E-state index in [1.165, 1.54) is 0 Å². The van der Waals surface area contributed by atoms with E-state index in [0.29, 0.717) is 18.3 Å². The van der Waals surface area contributed by atoms with E-state index in [1.54, 1.807) is 0 Å². The fraction of sp³-hybridized carbons (Fsp3) is 0.857. The van der Waals surface area contributed by atoms with E-state index in [0.717, 1.165) is 26.1 Å². The van der Waals surface area contributed by atoms with E-state index in [4.69, 9.17) is 15.0 Å². The van der Waals surface area contributed by atoms with Gasteiger partial charge >= 0.3 is 0 Å². The molecule has 6 nitrogen and oxygen atoms in total. The Hall–Kier alpha value is -0.980. The molecule has 2 heterocycles. The van der Waals surface area contributed by atoms with Gasteiger partial charge in [0.05, 0.1) is 12.6 Å². The molecule has 2 atom stereocenters. The van der Waals surface area contributed by atoms with Gasteiger partial charge in [-0.05, 0) is 18.4 Å². The second-order valence-corrected chi connectivity index (χ2v) is 6.49. The number of ether oxygens (including phenoxy) is 1. The highest BCUT2D eigenvalue weighted by molar-refractivity contribution is 5.00. The van der Waals surface area contributed by atoms with Crippen molar-refractivity contribution >= 4 is 0 Å². The number of rotatable bonds is 4. The fourth-order valence-electron chi connectivity index (χ4n) is 2.25. The Kier molecular flexibility index (Phi) is 4.78. The van der Waals surface area contributed by atoms with Crippen LogP contribution in [0.1, 0.15) is 58.0 Å². The first kappa shape index (κ1) is 15.4. The smallest absolute Gasteiger partial charge is 0.244 e. The lowest BCUT2D eigenvalue weighted by Gasteiger charge is -2.31. The average molecular weight is 282 g/mol. The van der Waals surface area contributed by atoms with Crippen molar-refractivity contribution in [3.63, 3.8) is 0 Å². The molecule has 0 amide bonds. The number of nitrogens with zero attached hydrogens (tertiary/aromatic N) is 3. The SMILES string of the molecule is CCCN1CCOC(c2noc(C(N)C(C)(C)C)n2)C1. The highest BCUT2D eigenvalue weighted by Crippen LogP contribution is 2.30. The Morgan fingerprint density at radius 3 is 2.85 bits per heavy atom. The summed E-state index contributed by atoms with van der Waals surface area (Å²) in [6, 6.07) is -0.265. The van der Waals surface area contributed by atoms with Gasteiger partial charge in [-0.15, -0.1) is 0 Å². The van der Waals surface area contributed by atoms with Gasteiger partial charge < -0.3 is 15.0 Å². The molecule has 2 unspecified atom stereocenters. The van der Waals surface area contributed by atoms with Gasteiger partial charge in [0.25, 0.3) is 0 Å². The summed E-state index contributed by atoms with van der Waals surface area (Å²) in [7, 11) is 0. The zero-order valence-corrected chi connectivity index (χ0v) is 12.9. The Labute approximate surface area is 120 Å². The van der Waals surface area contributed by atoms with Crippen LogP contribution in [0.2, 0.25) is 0 Å². The molecule has 0 bridgehead atoms. The largest absolute Gasteiger partial charge is 0.367 e. The van der Waals surface area contributed by atoms with Gasteiger partial charge in [0.1, 0.15) is 6.10 Å². The normalized spacial score (nSPS) is 22.9. The molecular weight excluding hydrogens is 256 g/mol. The molecule has 0 radical (unpaired) electrons. The molecule has 114 valence electrons. The molecule has 20 heavy (non-hydrogen) atoms. The van der Waals surface area contributed by atoms with E-state index in [-0.39, 0.29) is 17.6 Å². The van der Waals surface area contributed by atoms with E-state index in [1.807, 2.05) is 0 Å². The molecule has 2 rings (SSSR count). The standard InChI is InChI=1S/C14H26N4O2/c1-5-6-18-7-8-19-10(9-18)12-16-13(20-17-12)11(15)14(2,3)4/h10-11H,5-9,15H2,1-4H3. The summed E-state index contributed by atoms with van der Waals surface area (Å²) in [5.41, 5.74) is 6.04. The summed E-state index contributed by atoms with van der Waals surface area (Å²) in [4.78, 5) is 6.81. The fourth-order valence-corrected chi connectivity index (χ4v) is 2.25. The first-order valence-electron chi connectivity index (χ1n) is 7.35. The van der Waals surface area contributed by atoms with Crippen LogP contribution >= 0.6 is 0 Å². The monoisotopic (exact) mass is 282 g/mol. The van der Waals surface area contributed by atoms with E-state index >= 15 is 0 Å². The lowest BCUT2D eigenvalue weighted by molar-refractivity contribution is -0.0350. The summed E-state index contributed by atoms with van der Waals surface area (Å²) >= 11 is 0. The molecule has 0 aliphatic carbocycles. The summed E-state index contributed by atoms with van der Waals surface area (Å²) < 4.78 is 11.1. The van der Waals surface area contributed by atoms with Gasteiger partial charge in [-0.2, -0.15) is 4.98 Å². The van der Waals surface area contributed by atoms with Crippen LogP contribution in [0.5, 0.6) is 0 Å². The number of hydrogen-bond acceptors (Lipinski definition) is 6. The minimum atomic E-state index is -0.265. The molecule has 1 fully saturated rings. The quantitative estimate of drug-likeness (QED) is 0.908. The molecule has 1 saturated heterocycles. The van der Waals surface area contributed by atoms with Crippen molar-refractivity contribution in [2.75, 3.05) is 26.2 Å². The van der Waals surface area contributed by atoms with Crippen LogP contribution in [0.25, 0.3) is 0 Å². The number of hydrogen-bond donors (Lipinski definition) is 1. The number of nitrogens with two attached hydrogens (primary N) is 1. The zero-order chi connectivity index (χ0) is 14.8. The molecule has 2 N–H and O–H groups in total. The maximum absolute atomic E-state index is 6.14. The van der Waals surface area contributed by atoms with E-state index in [2.05, 4.69) is 42.7 Å². The van der Waals surface area contributed by atoms with Crippen LogP contribution < -0.4 is 5.73 Å². The van der Waals surface area contributed by atoms with Crippen molar-refractivity contribution in [1.29, 1.82) is 0 Å². The maximum Gasteiger partial charge on any atom is 0.244 e. The van der Waals surface area contributed by atoms with Crippen molar-refractivity contribution in [2.24, 2.45) is 11.1 Å². The predicted molar refractivity (Wildman–Crippen MR) is 76.1 cm³/mol. The van der Waals surface area contributed by atoms with Crippen LogP contribution in [-0.4, -0.2) is 41.3 Å². The summed E-state index contributed by atoms with van der Waals surface area (Å²) in [5, 5.41) is 4.05. The van der Waals surface area contributed by atoms with Crippen LogP contribution in [0, 0.1) is 5.41 Å². The zero-order valence-electron chi connectivity index (χ0n) is 12.9. The summed E-state index contributed by atoms with van der Waals surface area (Å²) in [6.07, 6.45) is 1.03. The second kappa shape index (κ2) is 6.20. The lowest BCUT2D eigenvalue weighted by Crippen LogP contribution is -2.39. The predicted octanol–water partition coefficient (Wildman–Crippen LogP) is 1.90. The number of aromatic nitrogens is 2. The van der Waals surface area contributed by atoms with Crippen LogP contribution in [0.15, 0.2) is 4.52 Å². The first-order valence-corrected chi connectivity index (χ1v) is 7.35. The number of morpholine rings is 1. The third-order valence-electron chi connectivity index (χ3n) is 3.63. The Balaban J connectivity index is 2.05. The third-order valence-corrected chi connectivity index (χ3v) is 3.63. The maximum atomic E-state index is 6.14. The Morgan fingerprint density at radius 2 is 2.20 bits per heavy atom. The van der Waals surface area contributed by atoms with Crippen LogP contribution in [-0.2, 0) is 4.74 Å². The first-order chi connectivity index (χ1) is 9.41. The van der Waals surface area contributed by atoms with Gasteiger partial charge in [0, 0.05) is 13.1 Å². The summed E-state index contributed by atoms with van der Waals surface area (Å²) in [6.45, 7) is 11.9. The van der Waals surface area contributed by atoms with Gasteiger partial charge in [0.15, 0.2) is 0 Å². The third kappa shape index (κ3) is 3.56. The molecule has 1 aromatic rings. The molecule has 0 saturated carbocycles. The molecule has 1 aliphatic rings. The molecular formula is C14H26N4O2. The van der Waals surface area contributed by atoms with Crippen molar-refractivity contribution in [1.82, 2.24) is 15.0 Å². The molecule has 0 aromatic carbocycles. The van der Waals surface area contributed by atoms with Gasteiger partial charge in [-0.1, -0.05) is 32.9 Å². The molecule has 0 spiro atoms. The highest BCUT2D eigenvalue weighted by atomic mass is 16.5.